The zero-order valence-electron chi connectivity index (χ0n) is 36.2. The average molecular weight is 867 g/mol. The molecule has 6 nitrogen and oxygen atoms in total. The molecule has 1 spiro atoms. The molecule has 0 saturated carbocycles. The third-order valence-electron chi connectivity index (χ3n) is 14.9. The van der Waals surface area contributed by atoms with E-state index in [1.807, 2.05) is 48.5 Å². The van der Waals surface area contributed by atoms with Gasteiger partial charge in [0.2, 0.25) is 5.95 Å². The predicted molar refractivity (Wildman–Crippen MR) is 273 cm³/mol. The second-order valence-electron chi connectivity index (χ2n) is 18.1. The van der Waals surface area contributed by atoms with Crippen LogP contribution in [0.25, 0.3) is 127 Å². The Hall–Kier alpha value is -9.13. The van der Waals surface area contributed by atoms with E-state index in [0.717, 1.165) is 76.8 Å². The van der Waals surface area contributed by atoms with Crippen molar-refractivity contribution in [3.63, 3.8) is 0 Å². The minimum Gasteiger partial charge on any atom is -0.455 e. The summed E-state index contributed by atoms with van der Waals surface area (Å²) in [7, 11) is 0. The van der Waals surface area contributed by atoms with Crippen LogP contribution in [0.1, 0.15) is 22.3 Å². The van der Waals surface area contributed by atoms with Crippen LogP contribution in [0.5, 0.6) is 0 Å². The fraction of sp³-hybridized carbons (Fsp3) is 0.0161. The van der Waals surface area contributed by atoms with Gasteiger partial charge in [0.15, 0.2) is 11.6 Å². The molecule has 0 atom stereocenters. The van der Waals surface area contributed by atoms with Crippen molar-refractivity contribution in [1.29, 1.82) is 0 Å². The van der Waals surface area contributed by atoms with Gasteiger partial charge in [-0.15, -0.1) is 0 Å². The van der Waals surface area contributed by atoms with Gasteiger partial charge in [-0.3, -0.25) is 4.57 Å². The standard InChI is InChI=1S/C62H34N4O2/c1-7-27-47-35(16-1)36-17-2-8-28-48(36)62(47)49-29-9-3-18-37(49)46-34-52-56(43-24-15-30-50(62)55(43)46)42-21-4-10-31-51(42)66(52)61-64-59(44-25-13-22-40-38-19-5-11-32-53(38)67-57(40)44)63-60(65-61)45-26-14-23-41-39-20-6-12-33-54(39)68-58(41)45/h1-34H. The number of benzene rings is 10. The predicted octanol–water partition coefficient (Wildman–Crippen LogP) is 15.6. The maximum Gasteiger partial charge on any atom is 0.238 e. The summed E-state index contributed by atoms with van der Waals surface area (Å²) in [6, 6.07) is 73.8. The Morgan fingerprint density at radius 2 is 0.765 bits per heavy atom. The van der Waals surface area contributed by atoms with Gasteiger partial charge in [-0.2, -0.15) is 9.97 Å². The normalized spacial score (nSPS) is 13.4. The Morgan fingerprint density at radius 1 is 0.324 bits per heavy atom. The van der Waals surface area contributed by atoms with Crippen LogP contribution in [0.3, 0.4) is 0 Å². The van der Waals surface area contributed by atoms with Gasteiger partial charge in [0.25, 0.3) is 0 Å². The van der Waals surface area contributed by atoms with Crippen LogP contribution in [0.2, 0.25) is 0 Å². The van der Waals surface area contributed by atoms with Gasteiger partial charge in [0.1, 0.15) is 22.3 Å². The lowest BCUT2D eigenvalue weighted by atomic mass is 9.61. The fourth-order valence-electron chi connectivity index (χ4n) is 12.2. The van der Waals surface area contributed by atoms with E-state index in [9.17, 15) is 0 Å². The van der Waals surface area contributed by atoms with Gasteiger partial charge in [0, 0.05) is 32.3 Å². The number of furan rings is 2. The molecule has 2 aliphatic rings. The first-order chi connectivity index (χ1) is 33.7. The molecule has 2 aliphatic carbocycles. The summed E-state index contributed by atoms with van der Waals surface area (Å²) in [6.07, 6.45) is 0. The smallest absolute Gasteiger partial charge is 0.238 e. The monoisotopic (exact) mass is 866 g/mol. The van der Waals surface area contributed by atoms with E-state index >= 15 is 0 Å². The van der Waals surface area contributed by atoms with Gasteiger partial charge < -0.3 is 8.83 Å². The molecule has 16 rings (SSSR count). The van der Waals surface area contributed by atoms with Crippen molar-refractivity contribution in [3.05, 3.63) is 229 Å². The van der Waals surface area contributed by atoms with Crippen LogP contribution in [0.15, 0.2) is 215 Å². The summed E-state index contributed by atoms with van der Waals surface area (Å²) in [6.45, 7) is 0. The average Bonchev–Trinajstić information content (AvgIpc) is 4.15. The molecule has 4 aromatic heterocycles. The zero-order chi connectivity index (χ0) is 44.2. The van der Waals surface area contributed by atoms with Crippen LogP contribution < -0.4 is 0 Å². The Bertz CT molecular complexity index is 4350. The van der Waals surface area contributed by atoms with Crippen LogP contribution in [0.4, 0.5) is 0 Å². The van der Waals surface area contributed by atoms with Crippen molar-refractivity contribution in [1.82, 2.24) is 19.5 Å². The molecule has 0 amide bonds. The zero-order valence-corrected chi connectivity index (χ0v) is 36.2. The molecular formula is C62H34N4O2. The first-order valence-corrected chi connectivity index (χ1v) is 23.1. The molecule has 0 N–H and O–H groups in total. The number of aromatic nitrogens is 4. The molecule has 6 heteroatoms. The highest BCUT2D eigenvalue weighted by atomic mass is 16.3. The van der Waals surface area contributed by atoms with Gasteiger partial charge in [0.05, 0.1) is 27.6 Å². The van der Waals surface area contributed by atoms with E-state index in [1.165, 1.54) is 55.3 Å². The molecular weight excluding hydrogens is 833 g/mol. The van der Waals surface area contributed by atoms with Gasteiger partial charge in [-0.1, -0.05) is 170 Å². The molecule has 0 aliphatic heterocycles. The minimum absolute atomic E-state index is 0.499. The van der Waals surface area contributed by atoms with Gasteiger partial charge in [-0.25, -0.2) is 4.98 Å². The molecule has 0 radical (unpaired) electrons. The summed E-state index contributed by atoms with van der Waals surface area (Å²) in [5.41, 5.74) is 16.3. The van der Waals surface area contributed by atoms with Crippen molar-refractivity contribution >= 4 is 76.5 Å². The van der Waals surface area contributed by atoms with Crippen LogP contribution in [0, 0.1) is 0 Å². The molecule has 0 fully saturated rings. The van der Waals surface area contributed by atoms with E-state index in [2.05, 4.69) is 162 Å². The number of para-hydroxylation sites is 5. The third-order valence-corrected chi connectivity index (χ3v) is 14.9. The number of nitrogens with zero attached hydrogens (tertiary/aromatic N) is 4. The highest BCUT2D eigenvalue weighted by molar-refractivity contribution is 6.26. The SMILES string of the molecule is c1ccc2c(c1)-c1ccccc1C21c2ccccc2-c2cc3c(c4cccc1c24)c1ccccc1n3-c1nc(-c2cccc3c2oc2ccccc23)nc(-c2cccc3c2oc2ccccc23)n1. The highest BCUT2D eigenvalue weighted by Crippen LogP contribution is 2.62. The fourth-order valence-corrected chi connectivity index (χ4v) is 12.2. The van der Waals surface area contributed by atoms with Crippen molar-refractivity contribution in [2.75, 3.05) is 0 Å². The van der Waals surface area contributed by atoms with Crippen molar-refractivity contribution in [3.8, 4) is 51.0 Å². The van der Waals surface area contributed by atoms with Crippen molar-refractivity contribution in [2.24, 2.45) is 0 Å². The Balaban J connectivity index is 1.04. The van der Waals surface area contributed by atoms with Crippen LogP contribution in [-0.4, -0.2) is 19.5 Å². The Kier molecular flexibility index (Phi) is 6.92. The first-order valence-electron chi connectivity index (χ1n) is 23.1. The van der Waals surface area contributed by atoms with Gasteiger partial charge >= 0.3 is 0 Å². The highest BCUT2D eigenvalue weighted by Gasteiger charge is 2.50. The second kappa shape index (κ2) is 13.0. The largest absolute Gasteiger partial charge is 0.455 e. The minimum atomic E-state index is -0.504. The number of fused-ring (bicyclic) bond motifs is 19. The van der Waals surface area contributed by atoms with E-state index < -0.39 is 5.41 Å². The molecule has 0 bridgehead atoms. The summed E-state index contributed by atoms with van der Waals surface area (Å²) < 4.78 is 15.5. The van der Waals surface area contributed by atoms with E-state index in [0.29, 0.717) is 17.6 Å². The lowest BCUT2D eigenvalue weighted by Gasteiger charge is -2.40. The Labute approximate surface area is 388 Å². The maximum atomic E-state index is 6.65. The van der Waals surface area contributed by atoms with Gasteiger partial charge in [-0.05, 0) is 91.7 Å². The lowest BCUT2D eigenvalue weighted by Crippen LogP contribution is -2.31. The summed E-state index contributed by atoms with van der Waals surface area (Å²) in [5.74, 6) is 1.51. The third kappa shape index (κ3) is 4.49. The lowest BCUT2D eigenvalue weighted by molar-refractivity contribution is 0.669. The van der Waals surface area contributed by atoms with E-state index in [4.69, 9.17) is 23.8 Å². The summed E-state index contributed by atoms with van der Waals surface area (Å²) >= 11 is 0. The molecule has 14 aromatic rings. The number of hydrogen-bond acceptors (Lipinski definition) is 5. The van der Waals surface area contributed by atoms with Crippen LogP contribution >= 0.6 is 0 Å². The molecule has 314 valence electrons. The molecule has 4 heterocycles. The topological polar surface area (TPSA) is 69.9 Å². The second-order valence-corrected chi connectivity index (χ2v) is 18.1. The van der Waals surface area contributed by atoms with Crippen molar-refractivity contribution < 1.29 is 8.83 Å². The number of hydrogen-bond donors (Lipinski definition) is 0. The molecule has 68 heavy (non-hydrogen) atoms. The van der Waals surface area contributed by atoms with E-state index in [-0.39, 0.29) is 0 Å². The summed E-state index contributed by atoms with van der Waals surface area (Å²) in [4.78, 5) is 16.3. The molecule has 10 aromatic carbocycles. The summed E-state index contributed by atoms with van der Waals surface area (Å²) in [5, 5.41) is 8.81. The number of rotatable bonds is 3. The quantitative estimate of drug-likeness (QED) is 0.177. The molecule has 0 saturated heterocycles. The van der Waals surface area contributed by atoms with Crippen LogP contribution in [-0.2, 0) is 5.41 Å². The van der Waals surface area contributed by atoms with Crippen molar-refractivity contribution in [2.45, 2.75) is 5.41 Å². The Morgan fingerprint density at radius 3 is 1.37 bits per heavy atom. The molecule has 0 unspecified atom stereocenters. The van der Waals surface area contributed by atoms with E-state index in [1.54, 1.807) is 0 Å². The maximum absolute atomic E-state index is 6.65. The first kappa shape index (κ1) is 36.1.